The van der Waals surface area contributed by atoms with E-state index in [-0.39, 0.29) is 30.7 Å². The zero-order valence-electron chi connectivity index (χ0n) is 17.4. The number of nitrogens with zero attached hydrogens (tertiary/aromatic N) is 2. The Morgan fingerprint density at radius 3 is 2.55 bits per heavy atom. The van der Waals surface area contributed by atoms with Gasteiger partial charge in [-0.3, -0.25) is 9.59 Å². The molecular weight excluding hydrogens is 399 g/mol. The number of halogens is 1. The molecule has 3 aromatic rings. The molecule has 1 heterocycles. The van der Waals surface area contributed by atoms with Crippen LogP contribution >= 0.6 is 0 Å². The molecule has 2 aromatic carbocycles. The highest BCUT2D eigenvalue weighted by molar-refractivity contribution is 5.94. The minimum atomic E-state index is -0.961. The highest BCUT2D eigenvalue weighted by Crippen LogP contribution is 2.26. The monoisotopic (exact) mass is 424 g/mol. The Balaban J connectivity index is 1.76. The van der Waals surface area contributed by atoms with E-state index >= 15 is 0 Å². The van der Waals surface area contributed by atoms with Gasteiger partial charge in [0.05, 0.1) is 18.0 Å². The number of amides is 1. The summed E-state index contributed by atoms with van der Waals surface area (Å²) < 4.78 is 13.5. The number of hydrogen-bond acceptors (Lipinski definition) is 5. The van der Waals surface area contributed by atoms with Crippen molar-refractivity contribution in [3.05, 3.63) is 65.6 Å². The second kappa shape index (κ2) is 9.97. The van der Waals surface area contributed by atoms with Crippen molar-refractivity contribution < 1.29 is 19.1 Å². The van der Waals surface area contributed by atoms with E-state index in [1.807, 2.05) is 12.1 Å². The molecule has 1 amide bonds. The largest absolute Gasteiger partial charge is 0.481 e. The Bertz CT molecular complexity index is 1070. The number of carboxylic acids is 1. The molecule has 0 bridgehead atoms. The van der Waals surface area contributed by atoms with Crippen LogP contribution in [0.15, 0.2) is 48.7 Å². The third kappa shape index (κ3) is 6.21. The number of aromatic nitrogens is 2. The van der Waals surface area contributed by atoms with Gasteiger partial charge in [0.1, 0.15) is 5.82 Å². The van der Waals surface area contributed by atoms with Crippen LogP contribution in [-0.2, 0) is 4.79 Å². The van der Waals surface area contributed by atoms with E-state index in [0.717, 1.165) is 17.4 Å². The Hall–Kier alpha value is -3.55. The summed E-state index contributed by atoms with van der Waals surface area (Å²) in [4.78, 5) is 31.5. The van der Waals surface area contributed by atoms with E-state index in [1.165, 1.54) is 12.1 Å². The standard InChI is InChI=1S/C23H25FN4O3/c1-14(2)11-19(27-23-26-13-17-7-8-18(24)12-20(17)28-23)15-3-5-16(6-4-15)22(31)25-10-9-21(29)30/h3-8,12-14,19H,9-11H2,1-2H3,(H,25,31)(H,29,30)(H,26,27,28)/t19-/m1/s1. The van der Waals surface area contributed by atoms with Gasteiger partial charge in [-0.15, -0.1) is 0 Å². The number of aliphatic carboxylic acids is 1. The van der Waals surface area contributed by atoms with E-state index in [4.69, 9.17) is 5.11 Å². The maximum Gasteiger partial charge on any atom is 0.305 e. The van der Waals surface area contributed by atoms with Crippen molar-refractivity contribution in [2.45, 2.75) is 32.7 Å². The van der Waals surface area contributed by atoms with E-state index < -0.39 is 5.97 Å². The van der Waals surface area contributed by atoms with Crippen LogP contribution in [0.2, 0.25) is 0 Å². The first-order valence-electron chi connectivity index (χ1n) is 10.1. The number of benzene rings is 2. The first-order valence-corrected chi connectivity index (χ1v) is 10.1. The van der Waals surface area contributed by atoms with E-state index in [9.17, 15) is 14.0 Å². The lowest BCUT2D eigenvalue weighted by Gasteiger charge is -2.21. The third-order valence-corrected chi connectivity index (χ3v) is 4.75. The van der Waals surface area contributed by atoms with Crippen molar-refractivity contribution in [3.63, 3.8) is 0 Å². The molecule has 3 N–H and O–H groups in total. The molecule has 0 fully saturated rings. The van der Waals surface area contributed by atoms with Gasteiger partial charge in [0.25, 0.3) is 5.91 Å². The maximum atomic E-state index is 13.5. The molecular formula is C23H25FN4O3. The molecule has 0 radical (unpaired) electrons. The summed E-state index contributed by atoms with van der Waals surface area (Å²) in [6.45, 7) is 4.29. The SMILES string of the molecule is CC(C)C[C@@H](Nc1ncc2ccc(F)cc2n1)c1ccc(C(=O)NCCC(=O)O)cc1. The molecule has 1 atom stereocenters. The molecule has 0 spiro atoms. The van der Waals surface area contributed by atoms with Crippen LogP contribution in [0.5, 0.6) is 0 Å². The molecule has 7 nitrogen and oxygen atoms in total. The average molecular weight is 424 g/mol. The van der Waals surface area contributed by atoms with Gasteiger partial charge in [-0.25, -0.2) is 14.4 Å². The molecule has 0 aliphatic rings. The minimum absolute atomic E-state index is 0.0767. The van der Waals surface area contributed by atoms with Crippen molar-refractivity contribution in [2.75, 3.05) is 11.9 Å². The molecule has 0 saturated heterocycles. The van der Waals surface area contributed by atoms with Crippen LogP contribution in [0, 0.1) is 11.7 Å². The molecule has 0 saturated carbocycles. The molecule has 0 unspecified atom stereocenters. The number of carbonyl (C=O) groups is 2. The molecule has 162 valence electrons. The summed E-state index contributed by atoms with van der Waals surface area (Å²) in [5.74, 6) is -0.848. The van der Waals surface area contributed by atoms with Crippen LogP contribution in [0.25, 0.3) is 10.9 Å². The fourth-order valence-corrected chi connectivity index (χ4v) is 3.22. The normalized spacial score (nSPS) is 12.0. The predicted octanol–water partition coefficient (Wildman–Crippen LogP) is 4.17. The van der Waals surface area contributed by atoms with Crippen LogP contribution in [0.3, 0.4) is 0 Å². The number of fused-ring (bicyclic) bond motifs is 1. The zero-order valence-corrected chi connectivity index (χ0v) is 17.4. The van der Waals surface area contributed by atoms with Gasteiger partial charge in [-0.1, -0.05) is 26.0 Å². The van der Waals surface area contributed by atoms with Gasteiger partial charge >= 0.3 is 5.97 Å². The molecule has 1 aromatic heterocycles. The second-order valence-corrected chi connectivity index (χ2v) is 7.74. The summed E-state index contributed by atoms with van der Waals surface area (Å²) >= 11 is 0. The Labute approximate surface area is 179 Å². The lowest BCUT2D eigenvalue weighted by Crippen LogP contribution is -2.26. The first kappa shape index (κ1) is 22.1. The van der Waals surface area contributed by atoms with E-state index in [1.54, 1.807) is 24.4 Å². The molecule has 0 aliphatic carbocycles. The van der Waals surface area contributed by atoms with Crippen molar-refractivity contribution in [2.24, 2.45) is 5.92 Å². The van der Waals surface area contributed by atoms with Crippen molar-refractivity contribution >= 4 is 28.7 Å². The summed E-state index contributed by atoms with van der Waals surface area (Å²) in [6, 6.07) is 11.4. The molecule has 31 heavy (non-hydrogen) atoms. The maximum absolute atomic E-state index is 13.5. The van der Waals surface area contributed by atoms with Gasteiger partial charge in [0.2, 0.25) is 5.95 Å². The highest BCUT2D eigenvalue weighted by atomic mass is 19.1. The van der Waals surface area contributed by atoms with Crippen LogP contribution in [0.1, 0.15) is 48.7 Å². The van der Waals surface area contributed by atoms with Gasteiger partial charge in [-0.2, -0.15) is 0 Å². The number of rotatable bonds is 9. The summed E-state index contributed by atoms with van der Waals surface area (Å²) in [5, 5.41) is 15.3. The Morgan fingerprint density at radius 1 is 1.13 bits per heavy atom. The Morgan fingerprint density at radius 2 is 1.87 bits per heavy atom. The van der Waals surface area contributed by atoms with Crippen LogP contribution < -0.4 is 10.6 Å². The number of anilines is 1. The quantitative estimate of drug-likeness (QED) is 0.476. The topological polar surface area (TPSA) is 104 Å². The smallest absolute Gasteiger partial charge is 0.305 e. The summed E-state index contributed by atoms with van der Waals surface area (Å²) in [5.41, 5.74) is 1.93. The average Bonchev–Trinajstić information content (AvgIpc) is 2.72. The predicted molar refractivity (Wildman–Crippen MR) is 116 cm³/mol. The van der Waals surface area contributed by atoms with Gasteiger partial charge in [-0.05, 0) is 42.2 Å². The third-order valence-electron chi connectivity index (χ3n) is 4.75. The molecule has 0 aliphatic heterocycles. The fourth-order valence-electron chi connectivity index (χ4n) is 3.22. The van der Waals surface area contributed by atoms with Crippen molar-refractivity contribution in [3.8, 4) is 0 Å². The summed E-state index contributed by atoms with van der Waals surface area (Å²) in [6.07, 6.45) is 2.33. The van der Waals surface area contributed by atoms with Gasteiger partial charge in [0, 0.05) is 29.8 Å². The van der Waals surface area contributed by atoms with E-state index in [2.05, 4.69) is 34.4 Å². The minimum Gasteiger partial charge on any atom is -0.481 e. The number of carboxylic acid groups (broad SMARTS) is 1. The van der Waals surface area contributed by atoms with Crippen LogP contribution in [0.4, 0.5) is 10.3 Å². The summed E-state index contributed by atoms with van der Waals surface area (Å²) in [7, 11) is 0. The van der Waals surface area contributed by atoms with Crippen molar-refractivity contribution in [1.82, 2.24) is 15.3 Å². The van der Waals surface area contributed by atoms with Crippen LogP contribution in [-0.4, -0.2) is 33.5 Å². The Kier molecular flexibility index (Phi) is 7.12. The van der Waals surface area contributed by atoms with Gasteiger partial charge < -0.3 is 15.7 Å². The number of hydrogen-bond donors (Lipinski definition) is 3. The van der Waals surface area contributed by atoms with E-state index in [0.29, 0.717) is 22.9 Å². The van der Waals surface area contributed by atoms with Gasteiger partial charge in [0.15, 0.2) is 0 Å². The highest BCUT2D eigenvalue weighted by Gasteiger charge is 2.16. The van der Waals surface area contributed by atoms with Crippen molar-refractivity contribution in [1.29, 1.82) is 0 Å². The molecule has 8 heteroatoms. The lowest BCUT2D eigenvalue weighted by atomic mass is 9.96. The fraction of sp³-hybridized carbons (Fsp3) is 0.304. The number of nitrogens with one attached hydrogen (secondary N) is 2. The molecule has 3 rings (SSSR count). The number of carbonyl (C=O) groups excluding carboxylic acids is 1. The first-order chi connectivity index (χ1) is 14.8. The zero-order chi connectivity index (χ0) is 22.4. The lowest BCUT2D eigenvalue weighted by molar-refractivity contribution is -0.136. The second-order valence-electron chi connectivity index (χ2n) is 7.74.